The molecule has 0 saturated heterocycles. The Kier molecular flexibility index (Phi) is 5.17. The first-order valence-electron chi connectivity index (χ1n) is 9.83. The van der Waals surface area contributed by atoms with E-state index in [1.165, 1.54) is 12.8 Å². The number of methoxy groups -OCH3 is 1. The fraction of sp³-hybridized carbons (Fsp3) is 0.476. The molecule has 3 aliphatic rings. The first kappa shape index (κ1) is 18.7. The molecule has 0 spiro atoms. The lowest BCUT2D eigenvalue weighted by molar-refractivity contribution is -0.115. The third kappa shape index (κ3) is 3.67. The molecule has 7 heteroatoms. The van der Waals surface area contributed by atoms with Crippen LogP contribution in [0.5, 0.6) is 5.75 Å². The predicted molar refractivity (Wildman–Crippen MR) is 106 cm³/mol. The van der Waals surface area contributed by atoms with Gasteiger partial charge in [-0.05, 0) is 68.0 Å². The Morgan fingerprint density at radius 3 is 2.89 bits per heavy atom. The van der Waals surface area contributed by atoms with E-state index in [1.807, 2.05) is 19.2 Å². The number of hydrogen-bond acceptors (Lipinski definition) is 5. The van der Waals surface area contributed by atoms with Crippen LogP contribution in [0.2, 0.25) is 0 Å². The van der Waals surface area contributed by atoms with E-state index in [2.05, 4.69) is 15.6 Å². The number of benzene rings is 1. The van der Waals surface area contributed by atoms with Gasteiger partial charge >= 0.3 is 0 Å². The number of nitrogens with one attached hydrogen (secondary N) is 2. The van der Waals surface area contributed by atoms with Gasteiger partial charge in [-0.1, -0.05) is 0 Å². The van der Waals surface area contributed by atoms with E-state index in [1.54, 1.807) is 18.1 Å². The van der Waals surface area contributed by atoms with Gasteiger partial charge in [-0.25, -0.2) is 4.99 Å². The molecule has 0 atom stereocenters. The number of fused-ring (bicyclic) bond motifs is 1. The summed E-state index contributed by atoms with van der Waals surface area (Å²) in [5.41, 5.74) is 3.18. The molecule has 2 amide bonds. The van der Waals surface area contributed by atoms with Crippen LogP contribution in [-0.4, -0.2) is 43.1 Å². The number of amides is 2. The number of carbonyl (C=O) groups excluding carboxylic acids is 2. The molecule has 0 radical (unpaired) electrons. The van der Waals surface area contributed by atoms with Gasteiger partial charge in [0.25, 0.3) is 11.8 Å². The van der Waals surface area contributed by atoms with E-state index >= 15 is 0 Å². The molecule has 28 heavy (non-hydrogen) atoms. The Morgan fingerprint density at radius 1 is 1.36 bits per heavy atom. The van der Waals surface area contributed by atoms with Crippen LogP contribution in [0.25, 0.3) is 0 Å². The van der Waals surface area contributed by atoms with Crippen LogP contribution in [0.1, 0.15) is 47.2 Å². The largest absolute Gasteiger partial charge is 0.497 e. The second kappa shape index (κ2) is 7.75. The number of nitrogens with zero attached hydrogens (tertiary/aromatic N) is 2. The molecule has 7 nitrogen and oxygen atoms in total. The number of allylic oxidation sites excluding steroid dienone is 1. The highest BCUT2D eigenvalue weighted by Gasteiger charge is 2.33. The summed E-state index contributed by atoms with van der Waals surface area (Å²) in [5.74, 6) is 1.65. The highest BCUT2D eigenvalue weighted by Crippen LogP contribution is 2.34. The molecule has 1 aliphatic carbocycles. The lowest BCUT2D eigenvalue weighted by Gasteiger charge is -2.20. The van der Waals surface area contributed by atoms with Crippen LogP contribution in [0.15, 0.2) is 29.0 Å². The summed E-state index contributed by atoms with van der Waals surface area (Å²) in [4.78, 5) is 31.7. The fourth-order valence-electron chi connectivity index (χ4n) is 3.68. The molecule has 148 valence electrons. The molecule has 1 aromatic carbocycles. The molecule has 2 aliphatic heterocycles. The summed E-state index contributed by atoms with van der Waals surface area (Å²) in [6.45, 7) is 1.83. The average molecular weight is 382 g/mol. The highest BCUT2D eigenvalue weighted by atomic mass is 16.5. The lowest BCUT2D eigenvalue weighted by Crippen LogP contribution is -2.34. The second-order valence-electron chi connectivity index (χ2n) is 7.55. The normalized spacial score (nSPS) is 18.5. The maximum Gasteiger partial charge on any atom is 0.265 e. The van der Waals surface area contributed by atoms with Gasteiger partial charge in [0.2, 0.25) is 0 Å². The first-order chi connectivity index (χ1) is 13.6. The Bertz CT molecular complexity index is 871. The molecule has 2 heterocycles. The van der Waals surface area contributed by atoms with Gasteiger partial charge in [0.05, 0.1) is 13.7 Å². The average Bonchev–Trinajstić information content (AvgIpc) is 3.49. The first-order valence-corrected chi connectivity index (χ1v) is 9.83. The number of aliphatic imine (C=N–C) groups is 1. The fourth-order valence-corrected chi connectivity index (χ4v) is 3.68. The number of carbonyl (C=O) groups is 2. The third-order valence-electron chi connectivity index (χ3n) is 5.45. The Hall–Kier alpha value is -2.67. The van der Waals surface area contributed by atoms with Crippen molar-refractivity contribution >= 4 is 17.5 Å². The molecule has 1 aromatic rings. The minimum Gasteiger partial charge on any atom is -0.497 e. The third-order valence-corrected chi connectivity index (χ3v) is 5.45. The van der Waals surface area contributed by atoms with Crippen molar-refractivity contribution in [3.8, 4) is 5.75 Å². The number of rotatable bonds is 7. The zero-order valence-corrected chi connectivity index (χ0v) is 16.4. The quantitative estimate of drug-likeness (QED) is 0.755. The van der Waals surface area contributed by atoms with E-state index in [9.17, 15) is 9.59 Å². The van der Waals surface area contributed by atoms with Crippen LogP contribution in [0, 0.1) is 5.92 Å². The molecule has 2 N–H and O–H groups in total. The summed E-state index contributed by atoms with van der Waals surface area (Å²) in [6, 6.07) is 3.74. The van der Waals surface area contributed by atoms with Gasteiger partial charge in [0, 0.05) is 18.7 Å². The predicted octanol–water partition coefficient (Wildman–Crippen LogP) is 1.97. The van der Waals surface area contributed by atoms with Crippen LogP contribution >= 0.6 is 0 Å². The Morgan fingerprint density at radius 2 is 2.18 bits per heavy atom. The minimum absolute atomic E-state index is 0.0964. The van der Waals surface area contributed by atoms with Crippen LogP contribution < -0.4 is 15.4 Å². The summed E-state index contributed by atoms with van der Waals surface area (Å²) in [5, 5.41) is 6.11. The van der Waals surface area contributed by atoms with E-state index in [0.717, 1.165) is 17.7 Å². The van der Waals surface area contributed by atoms with Gasteiger partial charge < -0.3 is 15.4 Å². The van der Waals surface area contributed by atoms with Crippen molar-refractivity contribution in [3.63, 3.8) is 0 Å². The standard InChI is InChI=1S/C21H26N4O3/c1-22-11-14-8-15(28-2)9-16-17(14)12-25(21(16)27)19-5-3-4-18(24-19)20(26)23-10-13-6-7-13/h5,8-9,13,22H,3-4,6-7,10-12H2,1-2H3,(H,23,26). The van der Waals surface area contributed by atoms with Crippen molar-refractivity contribution < 1.29 is 14.3 Å². The van der Waals surface area contributed by atoms with E-state index in [4.69, 9.17) is 4.74 Å². The zero-order valence-electron chi connectivity index (χ0n) is 16.4. The molecule has 1 fully saturated rings. The topological polar surface area (TPSA) is 83.0 Å². The highest BCUT2D eigenvalue weighted by molar-refractivity contribution is 6.39. The van der Waals surface area contributed by atoms with Crippen LogP contribution in [0.4, 0.5) is 0 Å². The van der Waals surface area contributed by atoms with Gasteiger partial charge in [-0.3, -0.25) is 14.5 Å². The number of ether oxygens (including phenoxy) is 1. The smallest absolute Gasteiger partial charge is 0.265 e. The van der Waals surface area contributed by atoms with E-state index < -0.39 is 0 Å². The Balaban J connectivity index is 1.55. The van der Waals surface area contributed by atoms with Gasteiger partial charge in [0.1, 0.15) is 17.3 Å². The summed E-state index contributed by atoms with van der Waals surface area (Å²) in [6.07, 6.45) is 5.63. The van der Waals surface area contributed by atoms with Crippen LogP contribution in [0.3, 0.4) is 0 Å². The van der Waals surface area contributed by atoms with Crippen LogP contribution in [-0.2, 0) is 17.9 Å². The second-order valence-corrected chi connectivity index (χ2v) is 7.55. The molecule has 0 aromatic heterocycles. The van der Waals surface area contributed by atoms with E-state index in [0.29, 0.717) is 54.7 Å². The molecule has 1 saturated carbocycles. The summed E-state index contributed by atoms with van der Waals surface area (Å²) < 4.78 is 5.36. The van der Waals surface area contributed by atoms with Crippen molar-refractivity contribution in [2.75, 3.05) is 20.7 Å². The molecule has 4 rings (SSSR count). The van der Waals surface area contributed by atoms with Crippen molar-refractivity contribution in [1.29, 1.82) is 0 Å². The summed E-state index contributed by atoms with van der Waals surface area (Å²) in [7, 11) is 3.48. The van der Waals surface area contributed by atoms with Crippen molar-refractivity contribution in [3.05, 3.63) is 40.7 Å². The zero-order chi connectivity index (χ0) is 19.7. The van der Waals surface area contributed by atoms with Gasteiger partial charge in [-0.2, -0.15) is 0 Å². The van der Waals surface area contributed by atoms with Gasteiger partial charge in [-0.15, -0.1) is 0 Å². The Labute approximate surface area is 164 Å². The number of hydrogen-bond donors (Lipinski definition) is 2. The van der Waals surface area contributed by atoms with Crippen molar-refractivity contribution in [2.24, 2.45) is 10.9 Å². The molecule has 0 bridgehead atoms. The SMILES string of the molecule is CNCc1cc(OC)cc2c1CN(C1=CCCC(C(=O)NCC3CC3)=N1)C2=O. The molecular formula is C21H26N4O3. The maximum atomic E-state index is 13.1. The monoisotopic (exact) mass is 382 g/mol. The maximum absolute atomic E-state index is 13.1. The van der Waals surface area contributed by atoms with E-state index in [-0.39, 0.29) is 11.8 Å². The molecule has 0 unspecified atom stereocenters. The summed E-state index contributed by atoms with van der Waals surface area (Å²) >= 11 is 0. The minimum atomic E-state index is -0.112. The van der Waals surface area contributed by atoms with Crippen molar-refractivity contribution in [2.45, 2.75) is 38.8 Å². The van der Waals surface area contributed by atoms with Gasteiger partial charge in [0.15, 0.2) is 0 Å². The molecular weight excluding hydrogens is 356 g/mol. The lowest BCUT2D eigenvalue weighted by atomic mass is 10.0. The van der Waals surface area contributed by atoms with Crippen molar-refractivity contribution in [1.82, 2.24) is 15.5 Å².